The maximum atomic E-state index is 5.14. The number of nitrogens with one attached hydrogen (secondary N) is 2. The van der Waals surface area contributed by atoms with Gasteiger partial charge in [-0.3, -0.25) is 0 Å². The minimum absolute atomic E-state index is 0.576. The molecule has 1 fully saturated rings. The SMILES string of the molecule is CCNC(=NCc1c(C)noc1C)NC1CC1C. The van der Waals surface area contributed by atoms with Gasteiger partial charge < -0.3 is 15.2 Å². The molecule has 1 aromatic heterocycles. The topological polar surface area (TPSA) is 62.5 Å². The first-order valence-electron chi connectivity index (χ1n) is 6.58. The van der Waals surface area contributed by atoms with Crippen molar-refractivity contribution in [2.75, 3.05) is 6.54 Å². The molecule has 1 aliphatic rings. The van der Waals surface area contributed by atoms with E-state index >= 15 is 0 Å². The van der Waals surface area contributed by atoms with Crippen LogP contribution in [0, 0.1) is 19.8 Å². The molecule has 2 rings (SSSR count). The van der Waals surface area contributed by atoms with E-state index in [4.69, 9.17) is 4.52 Å². The van der Waals surface area contributed by atoms with E-state index in [2.05, 4.69) is 34.6 Å². The zero-order valence-corrected chi connectivity index (χ0v) is 11.6. The van der Waals surface area contributed by atoms with Crippen molar-refractivity contribution in [3.63, 3.8) is 0 Å². The molecular formula is C13H22N4O. The molecular weight excluding hydrogens is 228 g/mol. The van der Waals surface area contributed by atoms with E-state index < -0.39 is 0 Å². The molecule has 1 saturated carbocycles. The van der Waals surface area contributed by atoms with Crippen molar-refractivity contribution in [3.8, 4) is 0 Å². The molecule has 0 radical (unpaired) electrons. The molecule has 2 N–H and O–H groups in total. The Kier molecular flexibility index (Phi) is 3.89. The summed E-state index contributed by atoms with van der Waals surface area (Å²) < 4.78 is 5.14. The molecule has 5 heteroatoms. The average Bonchev–Trinajstić information content (AvgIpc) is 2.92. The summed E-state index contributed by atoms with van der Waals surface area (Å²) in [6.07, 6.45) is 1.23. The predicted octanol–water partition coefficient (Wildman–Crippen LogP) is 1.75. The summed E-state index contributed by atoms with van der Waals surface area (Å²) in [4.78, 5) is 4.59. The molecule has 0 bridgehead atoms. The Morgan fingerprint density at radius 3 is 2.72 bits per heavy atom. The van der Waals surface area contributed by atoms with Crippen LogP contribution in [0.25, 0.3) is 0 Å². The van der Waals surface area contributed by atoms with Gasteiger partial charge in [-0.05, 0) is 33.1 Å². The van der Waals surface area contributed by atoms with Crippen LogP contribution in [0.3, 0.4) is 0 Å². The number of aliphatic imine (C=N–C) groups is 1. The lowest BCUT2D eigenvalue weighted by Crippen LogP contribution is -2.39. The van der Waals surface area contributed by atoms with Gasteiger partial charge in [0.1, 0.15) is 5.76 Å². The molecule has 0 aromatic carbocycles. The van der Waals surface area contributed by atoms with Crippen LogP contribution in [0.5, 0.6) is 0 Å². The van der Waals surface area contributed by atoms with Crippen LogP contribution < -0.4 is 10.6 Å². The normalized spacial score (nSPS) is 23.0. The standard InChI is InChI=1S/C13H22N4O/c1-5-14-13(16-12-6-8(12)2)15-7-11-9(3)17-18-10(11)4/h8,12H,5-7H2,1-4H3,(H2,14,15,16). The highest BCUT2D eigenvalue weighted by atomic mass is 16.5. The van der Waals surface area contributed by atoms with E-state index in [1.807, 2.05) is 13.8 Å². The quantitative estimate of drug-likeness (QED) is 0.631. The van der Waals surface area contributed by atoms with Crippen molar-refractivity contribution in [3.05, 3.63) is 17.0 Å². The lowest BCUT2D eigenvalue weighted by Gasteiger charge is -2.10. The van der Waals surface area contributed by atoms with Crippen LogP contribution in [-0.2, 0) is 6.54 Å². The molecule has 2 atom stereocenters. The number of guanidine groups is 1. The van der Waals surface area contributed by atoms with Crippen LogP contribution in [0.2, 0.25) is 0 Å². The maximum absolute atomic E-state index is 5.14. The van der Waals surface area contributed by atoms with Gasteiger partial charge in [0.25, 0.3) is 0 Å². The lowest BCUT2D eigenvalue weighted by atomic mass is 10.2. The van der Waals surface area contributed by atoms with Gasteiger partial charge in [-0.25, -0.2) is 4.99 Å². The Bertz CT molecular complexity index is 419. The highest BCUT2D eigenvalue weighted by Crippen LogP contribution is 2.28. The van der Waals surface area contributed by atoms with E-state index in [0.29, 0.717) is 12.6 Å². The van der Waals surface area contributed by atoms with Gasteiger partial charge in [0.2, 0.25) is 0 Å². The van der Waals surface area contributed by atoms with Crippen molar-refractivity contribution >= 4 is 5.96 Å². The fourth-order valence-electron chi connectivity index (χ4n) is 1.90. The first kappa shape index (κ1) is 12.9. The van der Waals surface area contributed by atoms with Gasteiger partial charge in [-0.2, -0.15) is 0 Å². The Labute approximate surface area is 108 Å². The van der Waals surface area contributed by atoms with Gasteiger partial charge in [0.15, 0.2) is 5.96 Å². The molecule has 2 unspecified atom stereocenters. The molecule has 0 saturated heterocycles. The average molecular weight is 250 g/mol. The van der Waals surface area contributed by atoms with Crippen molar-refractivity contribution in [1.29, 1.82) is 0 Å². The van der Waals surface area contributed by atoms with Gasteiger partial charge in [-0.15, -0.1) is 0 Å². The van der Waals surface area contributed by atoms with Crippen molar-refractivity contribution in [1.82, 2.24) is 15.8 Å². The molecule has 1 heterocycles. The van der Waals surface area contributed by atoms with Crippen LogP contribution in [-0.4, -0.2) is 23.7 Å². The Balaban J connectivity index is 1.99. The second kappa shape index (κ2) is 5.42. The van der Waals surface area contributed by atoms with Gasteiger partial charge >= 0.3 is 0 Å². The number of nitrogens with zero attached hydrogens (tertiary/aromatic N) is 2. The van der Waals surface area contributed by atoms with E-state index in [1.165, 1.54) is 6.42 Å². The Morgan fingerprint density at radius 1 is 1.50 bits per heavy atom. The third kappa shape index (κ3) is 3.03. The van der Waals surface area contributed by atoms with Gasteiger partial charge in [-0.1, -0.05) is 12.1 Å². The summed E-state index contributed by atoms with van der Waals surface area (Å²) in [5, 5.41) is 10.6. The summed E-state index contributed by atoms with van der Waals surface area (Å²) in [6, 6.07) is 0.576. The van der Waals surface area contributed by atoms with Crippen LogP contribution in [0.1, 0.15) is 37.3 Å². The molecule has 18 heavy (non-hydrogen) atoms. The largest absolute Gasteiger partial charge is 0.361 e. The minimum Gasteiger partial charge on any atom is -0.361 e. The zero-order chi connectivity index (χ0) is 13.1. The van der Waals surface area contributed by atoms with Crippen LogP contribution >= 0.6 is 0 Å². The molecule has 0 spiro atoms. The van der Waals surface area contributed by atoms with Crippen LogP contribution in [0.15, 0.2) is 9.52 Å². The fourth-order valence-corrected chi connectivity index (χ4v) is 1.90. The van der Waals surface area contributed by atoms with E-state index in [0.717, 1.165) is 35.4 Å². The second-order valence-corrected chi connectivity index (χ2v) is 4.96. The monoisotopic (exact) mass is 250 g/mol. The first-order chi connectivity index (χ1) is 8.61. The van der Waals surface area contributed by atoms with Crippen molar-refractivity contribution in [2.45, 2.75) is 46.7 Å². The molecule has 1 aromatic rings. The van der Waals surface area contributed by atoms with Crippen LogP contribution in [0.4, 0.5) is 0 Å². The highest BCUT2D eigenvalue weighted by Gasteiger charge is 2.33. The number of aryl methyl sites for hydroxylation is 2. The van der Waals surface area contributed by atoms with Gasteiger partial charge in [0, 0.05) is 18.2 Å². The summed E-state index contributed by atoms with van der Waals surface area (Å²) >= 11 is 0. The Hall–Kier alpha value is -1.52. The number of hydrogen-bond acceptors (Lipinski definition) is 3. The minimum atomic E-state index is 0.576. The Morgan fingerprint density at radius 2 is 2.22 bits per heavy atom. The molecule has 0 aliphatic heterocycles. The molecule has 5 nitrogen and oxygen atoms in total. The van der Waals surface area contributed by atoms with Crippen molar-refractivity contribution < 1.29 is 4.52 Å². The summed E-state index contributed by atoms with van der Waals surface area (Å²) in [5.74, 6) is 2.49. The number of aromatic nitrogens is 1. The lowest BCUT2D eigenvalue weighted by molar-refractivity contribution is 0.392. The zero-order valence-electron chi connectivity index (χ0n) is 11.6. The summed E-state index contributed by atoms with van der Waals surface area (Å²) in [7, 11) is 0. The smallest absolute Gasteiger partial charge is 0.191 e. The molecule has 1 aliphatic carbocycles. The highest BCUT2D eigenvalue weighted by molar-refractivity contribution is 5.80. The number of hydrogen-bond donors (Lipinski definition) is 2. The summed E-state index contributed by atoms with van der Waals surface area (Å²) in [5.41, 5.74) is 2.00. The van der Waals surface area contributed by atoms with E-state index in [-0.39, 0.29) is 0 Å². The maximum Gasteiger partial charge on any atom is 0.191 e. The van der Waals surface area contributed by atoms with E-state index in [9.17, 15) is 0 Å². The molecule has 100 valence electrons. The summed E-state index contributed by atoms with van der Waals surface area (Å²) in [6.45, 7) is 9.67. The third-order valence-electron chi connectivity index (χ3n) is 3.35. The predicted molar refractivity (Wildman–Crippen MR) is 71.5 cm³/mol. The third-order valence-corrected chi connectivity index (χ3v) is 3.35. The second-order valence-electron chi connectivity index (χ2n) is 4.96. The van der Waals surface area contributed by atoms with Crippen molar-refractivity contribution in [2.24, 2.45) is 10.9 Å². The first-order valence-corrected chi connectivity index (χ1v) is 6.58. The van der Waals surface area contributed by atoms with E-state index in [1.54, 1.807) is 0 Å². The van der Waals surface area contributed by atoms with Gasteiger partial charge in [0.05, 0.1) is 12.2 Å². The number of rotatable bonds is 4. The fraction of sp³-hybridized carbons (Fsp3) is 0.692. The molecule has 0 amide bonds.